The number of nitrogens with one attached hydrogen (secondary N) is 2. The van der Waals surface area contributed by atoms with Crippen molar-refractivity contribution in [2.24, 2.45) is 10.7 Å². The summed E-state index contributed by atoms with van der Waals surface area (Å²) in [6, 6.07) is 8.17. The highest BCUT2D eigenvalue weighted by molar-refractivity contribution is 6.08. The Hall–Kier alpha value is -3.15. The molecule has 0 aromatic heterocycles. The number of rotatable bonds is 2. The van der Waals surface area contributed by atoms with Gasteiger partial charge < -0.3 is 16.8 Å². The Bertz CT molecular complexity index is 895. The molecule has 24 heavy (non-hydrogen) atoms. The summed E-state index contributed by atoms with van der Waals surface area (Å²) in [5.74, 6) is -0.0206. The van der Waals surface area contributed by atoms with Crippen LogP contribution in [0.3, 0.4) is 0 Å². The Morgan fingerprint density at radius 2 is 2.00 bits per heavy atom. The van der Waals surface area contributed by atoms with Gasteiger partial charge in [-0.15, -0.1) is 0 Å². The number of halogens is 1. The third-order valence-corrected chi connectivity index (χ3v) is 3.92. The average molecular weight is 323 g/mol. The van der Waals surface area contributed by atoms with E-state index in [-0.39, 0.29) is 11.7 Å². The Kier molecular flexibility index (Phi) is 3.81. The molecule has 2 aromatic rings. The van der Waals surface area contributed by atoms with Crippen molar-refractivity contribution in [2.75, 3.05) is 5.73 Å². The number of aliphatic imine (C=N–C) groups is 1. The lowest BCUT2D eigenvalue weighted by Gasteiger charge is -2.13. The van der Waals surface area contributed by atoms with Gasteiger partial charge in [0.1, 0.15) is 5.82 Å². The molecule has 6 heteroatoms. The monoisotopic (exact) mass is 323 g/mol. The van der Waals surface area contributed by atoms with Crippen LogP contribution in [0.4, 0.5) is 10.1 Å². The molecule has 6 N–H and O–H groups in total. The van der Waals surface area contributed by atoms with Gasteiger partial charge in [0.2, 0.25) is 0 Å². The van der Waals surface area contributed by atoms with Crippen molar-refractivity contribution in [1.82, 2.24) is 5.32 Å². The number of nitrogen functional groups attached to an aromatic ring is 1. The van der Waals surface area contributed by atoms with Gasteiger partial charge >= 0.3 is 0 Å². The molecule has 3 rings (SSSR count). The van der Waals surface area contributed by atoms with E-state index < -0.39 is 0 Å². The molecule has 122 valence electrons. The first kappa shape index (κ1) is 15.7. The van der Waals surface area contributed by atoms with Gasteiger partial charge in [-0.2, -0.15) is 0 Å². The van der Waals surface area contributed by atoms with Crippen LogP contribution in [-0.4, -0.2) is 11.7 Å². The number of nitrogens with two attached hydrogens (primary N) is 2. The molecule has 1 aliphatic heterocycles. The van der Waals surface area contributed by atoms with Crippen LogP contribution in [-0.2, 0) is 6.54 Å². The van der Waals surface area contributed by atoms with Crippen LogP contribution in [0.25, 0.3) is 16.8 Å². The van der Waals surface area contributed by atoms with Crippen molar-refractivity contribution >= 4 is 23.1 Å². The second kappa shape index (κ2) is 5.81. The second-order valence-electron chi connectivity index (χ2n) is 5.69. The Balaban J connectivity index is 2.20. The van der Waals surface area contributed by atoms with Crippen LogP contribution in [0.1, 0.15) is 23.6 Å². The summed E-state index contributed by atoms with van der Waals surface area (Å²) in [5.41, 5.74) is 15.8. The normalized spacial score (nSPS) is 13.6. The van der Waals surface area contributed by atoms with Gasteiger partial charge in [0.05, 0.1) is 5.84 Å². The molecule has 0 saturated heterocycles. The molecule has 0 unspecified atom stereocenters. The van der Waals surface area contributed by atoms with E-state index in [0.717, 1.165) is 16.7 Å². The van der Waals surface area contributed by atoms with Gasteiger partial charge in [0.15, 0.2) is 5.84 Å². The molecule has 0 spiro atoms. The summed E-state index contributed by atoms with van der Waals surface area (Å²) >= 11 is 0. The van der Waals surface area contributed by atoms with E-state index in [1.807, 2.05) is 0 Å². The summed E-state index contributed by atoms with van der Waals surface area (Å²) in [5, 5.41) is 11.3. The molecule has 0 bridgehead atoms. The maximum Gasteiger partial charge on any atom is 0.154 e. The van der Waals surface area contributed by atoms with E-state index in [2.05, 4.69) is 16.9 Å². The van der Waals surface area contributed by atoms with Crippen molar-refractivity contribution in [2.45, 2.75) is 13.5 Å². The smallest absolute Gasteiger partial charge is 0.154 e. The van der Waals surface area contributed by atoms with Gasteiger partial charge in [0.25, 0.3) is 0 Å². The highest BCUT2D eigenvalue weighted by atomic mass is 19.1. The molecule has 0 radical (unpaired) electrons. The van der Waals surface area contributed by atoms with Crippen LogP contribution in [0.5, 0.6) is 0 Å². The first-order valence-corrected chi connectivity index (χ1v) is 7.42. The lowest BCUT2D eigenvalue weighted by molar-refractivity contribution is 0.632. The maximum atomic E-state index is 14.3. The Morgan fingerprint density at radius 1 is 1.29 bits per heavy atom. The minimum atomic E-state index is -0.381. The summed E-state index contributed by atoms with van der Waals surface area (Å²) in [6.45, 7) is 6.13. The fourth-order valence-corrected chi connectivity index (χ4v) is 2.90. The van der Waals surface area contributed by atoms with Crippen molar-refractivity contribution < 1.29 is 4.39 Å². The fourth-order valence-electron chi connectivity index (χ4n) is 2.90. The zero-order valence-electron chi connectivity index (χ0n) is 13.3. The Labute approximate surface area is 139 Å². The van der Waals surface area contributed by atoms with Gasteiger partial charge in [-0.05, 0) is 42.3 Å². The van der Waals surface area contributed by atoms with Crippen molar-refractivity contribution in [1.29, 1.82) is 5.41 Å². The molecule has 5 nitrogen and oxygen atoms in total. The average Bonchev–Trinajstić information content (AvgIpc) is 2.88. The van der Waals surface area contributed by atoms with E-state index in [9.17, 15) is 4.39 Å². The third-order valence-electron chi connectivity index (χ3n) is 3.92. The lowest BCUT2D eigenvalue weighted by atomic mass is 9.92. The highest BCUT2D eigenvalue weighted by Gasteiger charge is 2.24. The first-order valence-electron chi connectivity index (χ1n) is 7.42. The van der Waals surface area contributed by atoms with Crippen molar-refractivity contribution in [3.63, 3.8) is 0 Å². The summed E-state index contributed by atoms with van der Waals surface area (Å²) in [6.07, 6.45) is 0. The first-order chi connectivity index (χ1) is 11.4. The zero-order valence-corrected chi connectivity index (χ0v) is 13.3. The van der Waals surface area contributed by atoms with Gasteiger partial charge in [0, 0.05) is 34.6 Å². The van der Waals surface area contributed by atoms with E-state index >= 15 is 0 Å². The Morgan fingerprint density at radius 3 is 2.67 bits per heavy atom. The minimum absolute atomic E-state index is 0.0560. The number of nitrogens with zero attached hydrogens (tertiary/aromatic N) is 1. The number of benzene rings is 2. The summed E-state index contributed by atoms with van der Waals surface area (Å²) < 4.78 is 14.3. The molecular formula is C18H18FN5. The highest BCUT2D eigenvalue weighted by Crippen LogP contribution is 2.37. The topological polar surface area (TPSA) is 100 Å². The van der Waals surface area contributed by atoms with Crippen LogP contribution in [0, 0.1) is 11.2 Å². The van der Waals surface area contributed by atoms with Gasteiger partial charge in [-0.1, -0.05) is 12.6 Å². The maximum absolute atomic E-state index is 14.3. The molecule has 0 atom stereocenters. The number of hydrogen-bond acceptors (Lipinski definition) is 3. The molecule has 2 aromatic carbocycles. The molecule has 0 saturated carbocycles. The molecule has 0 fully saturated rings. The number of anilines is 1. The number of hydrogen-bond donors (Lipinski definition) is 4. The van der Waals surface area contributed by atoms with Crippen molar-refractivity contribution in [3.8, 4) is 11.1 Å². The predicted octanol–water partition coefficient (Wildman–Crippen LogP) is 2.85. The minimum Gasteiger partial charge on any atom is -0.399 e. The van der Waals surface area contributed by atoms with E-state index in [1.54, 1.807) is 31.2 Å². The number of amidine groups is 2. The molecule has 0 aliphatic carbocycles. The molecular weight excluding hydrogens is 305 g/mol. The third kappa shape index (κ3) is 2.62. The number of fused-ring (bicyclic) bond motifs is 1. The van der Waals surface area contributed by atoms with Crippen LogP contribution in [0.15, 0.2) is 41.9 Å². The lowest BCUT2D eigenvalue weighted by Crippen LogP contribution is -2.11. The van der Waals surface area contributed by atoms with Gasteiger partial charge in [-0.25, -0.2) is 9.38 Å². The molecule has 0 amide bonds. The summed E-state index contributed by atoms with van der Waals surface area (Å²) in [7, 11) is 0. The molecule has 1 aliphatic rings. The molecule has 1 heterocycles. The van der Waals surface area contributed by atoms with E-state index in [0.29, 0.717) is 34.9 Å². The summed E-state index contributed by atoms with van der Waals surface area (Å²) in [4.78, 5) is 4.01. The fraction of sp³-hybridized carbons (Fsp3) is 0.111. The quantitative estimate of drug-likeness (QED) is 0.388. The van der Waals surface area contributed by atoms with E-state index in [1.165, 1.54) is 6.07 Å². The zero-order chi connectivity index (χ0) is 17.4. The van der Waals surface area contributed by atoms with Gasteiger partial charge in [-0.3, -0.25) is 5.41 Å². The van der Waals surface area contributed by atoms with Crippen LogP contribution in [0.2, 0.25) is 0 Å². The largest absolute Gasteiger partial charge is 0.399 e. The van der Waals surface area contributed by atoms with Crippen LogP contribution >= 0.6 is 0 Å². The second-order valence-corrected chi connectivity index (χ2v) is 5.69. The van der Waals surface area contributed by atoms with Crippen molar-refractivity contribution in [3.05, 3.63) is 59.4 Å². The predicted molar refractivity (Wildman–Crippen MR) is 96.2 cm³/mol. The van der Waals surface area contributed by atoms with Crippen LogP contribution < -0.4 is 16.8 Å². The SMILES string of the molecule is C=C1NCc2c(-c3ccc(N)cc3F)ccc(C(=N)N=C(C)N)c21. The van der Waals surface area contributed by atoms with E-state index in [4.69, 9.17) is 16.9 Å². The standard InChI is InChI=1S/C18H18FN5/c1-9-17-14(18(22)24-10(2)20)6-5-12(15(17)8-23-9)13-4-3-11(21)7-16(13)19/h3-7,23H,1,8,21H2,2H3,(H3,20,22,24).